The number of nitrogen functional groups attached to an aromatic ring is 2. The molecule has 158 valence electrons. The van der Waals surface area contributed by atoms with Gasteiger partial charge >= 0.3 is 6.01 Å². The van der Waals surface area contributed by atoms with Gasteiger partial charge in [0.25, 0.3) is 0 Å². The Bertz CT molecular complexity index is 1000. The standard InChI is InChI=1S/C20H25N7O2S/c1-12(29-20-24-15(21)11-16(22)25-20)18-13(2)30-19(26-18)14-4-5-23-17(10-14)28-9-8-27-6-3-7-27/h4-5,10-12H,3,6-9H2,1-2H3,(H4,21,22,24,25)/t12-/m0/s1. The molecule has 30 heavy (non-hydrogen) atoms. The summed E-state index contributed by atoms with van der Waals surface area (Å²) in [6.07, 6.45) is 2.66. The topological polar surface area (TPSA) is 125 Å². The van der Waals surface area contributed by atoms with Crippen molar-refractivity contribution < 1.29 is 9.47 Å². The van der Waals surface area contributed by atoms with Crippen molar-refractivity contribution in [3.05, 3.63) is 35.0 Å². The molecule has 4 heterocycles. The van der Waals surface area contributed by atoms with Crippen molar-refractivity contribution in [2.45, 2.75) is 26.4 Å². The molecule has 1 aliphatic heterocycles. The zero-order chi connectivity index (χ0) is 21.1. The fraction of sp³-hybridized carbons (Fsp3) is 0.400. The fourth-order valence-corrected chi connectivity index (χ4v) is 4.14. The molecule has 3 aromatic rings. The van der Waals surface area contributed by atoms with Gasteiger partial charge in [-0.3, -0.25) is 4.90 Å². The van der Waals surface area contributed by atoms with Gasteiger partial charge in [-0.15, -0.1) is 11.3 Å². The first-order valence-electron chi connectivity index (χ1n) is 9.83. The number of likely N-dealkylation sites (tertiary alicyclic amines) is 1. The Morgan fingerprint density at radius 1 is 1.17 bits per heavy atom. The number of anilines is 2. The molecule has 0 aliphatic carbocycles. The summed E-state index contributed by atoms with van der Waals surface area (Å²) in [5, 5.41) is 0.876. The number of hydrogen-bond acceptors (Lipinski definition) is 10. The normalized spacial score (nSPS) is 14.9. The highest BCUT2D eigenvalue weighted by Crippen LogP contribution is 2.33. The summed E-state index contributed by atoms with van der Waals surface area (Å²) >= 11 is 1.59. The molecule has 0 saturated carbocycles. The van der Waals surface area contributed by atoms with E-state index in [2.05, 4.69) is 19.9 Å². The van der Waals surface area contributed by atoms with Crippen LogP contribution in [0.4, 0.5) is 11.6 Å². The predicted octanol–water partition coefficient (Wildman–Crippen LogP) is 2.69. The number of rotatable bonds is 8. The third-order valence-electron chi connectivity index (χ3n) is 4.83. The van der Waals surface area contributed by atoms with Crippen molar-refractivity contribution in [2.75, 3.05) is 37.7 Å². The number of pyridine rings is 1. The van der Waals surface area contributed by atoms with E-state index in [0.29, 0.717) is 12.5 Å². The van der Waals surface area contributed by atoms with E-state index >= 15 is 0 Å². The first-order valence-corrected chi connectivity index (χ1v) is 10.6. The van der Waals surface area contributed by atoms with Gasteiger partial charge in [-0.25, -0.2) is 9.97 Å². The zero-order valence-electron chi connectivity index (χ0n) is 17.0. The highest BCUT2D eigenvalue weighted by Gasteiger charge is 2.19. The maximum Gasteiger partial charge on any atom is 0.320 e. The summed E-state index contributed by atoms with van der Waals surface area (Å²) in [4.78, 5) is 20.6. The van der Waals surface area contributed by atoms with Crippen molar-refractivity contribution in [1.29, 1.82) is 0 Å². The van der Waals surface area contributed by atoms with Gasteiger partial charge in [0, 0.05) is 35.3 Å². The third kappa shape index (κ3) is 4.77. The Labute approximate surface area is 179 Å². The summed E-state index contributed by atoms with van der Waals surface area (Å²) in [5.41, 5.74) is 13.2. The van der Waals surface area contributed by atoms with Crippen molar-refractivity contribution in [2.24, 2.45) is 0 Å². The second-order valence-electron chi connectivity index (χ2n) is 7.15. The van der Waals surface area contributed by atoms with E-state index in [9.17, 15) is 0 Å². The Morgan fingerprint density at radius 3 is 2.63 bits per heavy atom. The SMILES string of the molecule is Cc1sc(-c2ccnc(OCCN3CCC3)c2)nc1[C@H](C)Oc1nc(N)cc(N)n1. The first kappa shape index (κ1) is 20.3. The van der Waals surface area contributed by atoms with E-state index in [1.54, 1.807) is 17.5 Å². The van der Waals surface area contributed by atoms with Gasteiger partial charge in [0.2, 0.25) is 5.88 Å². The van der Waals surface area contributed by atoms with Crippen molar-refractivity contribution in [3.63, 3.8) is 0 Å². The van der Waals surface area contributed by atoms with Crippen LogP contribution in [-0.2, 0) is 0 Å². The van der Waals surface area contributed by atoms with Crippen molar-refractivity contribution >= 4 is 23.0 Å². The van der Waals surface area contributed by atoms with Crippen LogP contribution in [0.15, 0.2) is 24.4 Å². The molecule has 0 bridgehead atoms. The molecule has 1 atom stereocenters. The molecule has 3 aromatic heterocycles. The Hall–Kier alpha value is -2.98. The number of nitrogens with two attached hydrogens (primary N) is 2. The Kier molecular flexibility index (Phi) is 5.96. The number of aryl methyl sites for hydroxylation is 1. The number of hydrogen-bond donors (Lipinski definition) is 2. The van der Waals surface area contributed by atoms with Gasteiger partial charge in [-0.1, -0.05) is 0 Å². The molecule has 0 aromatic carbocycles. The number of ether oxygens (including phenoxy) is 2. The number of thiazole rings is 1. The van der Waals surface area contributed by atoms with Gasteiger partial charge in [0.1, 0.15) is 29.4 Å². The molecule has 0 amide bonds. The van der Waals surface area contributed by atoms with E-state index in [4.69, 9.17) is 25.9 Å². The molecule has 0 radical (unpaired) electrons. The van der Waals surface area contributed by atoms with E-state index in [0.717, 1.165) is 40.8 Å². The predicted molar refractivity (Wildman–Crippen MR) is 117 cm³/mol. The van der Waals surface area contributed by atoms with Crippen molar-refractivity contribution in [3.8, 4) is 22.5 Å². The molecule has 4 N–H and O–H groups in total. The lowest BCUT2D eigenvalue weighted by molar-refractivity contribution is 0.145. The van der Waals surface area contributed by atoms with Crippen LogP contribution in [0.5, 0.6) is 11.9 Å². The number of aromatic nitrogens is 4. The third-order valence-corrected chi connectivity index (χ3v) is 5.87. The molecular formula is C20H25N7O2S. The smallest absolute Gasteiger partial charge is 0.320 e. The van der Waals surface area contributed by atoms with Gasteiger partial charge in [0.05, 0.1) is 5.69 Å². The lowest BCUT2D eigenvalue weighted by Crippen LogP contribution is -2.39. The van der Waals surface area contributed by atoms with Crippen LogP contribution in [0.25, 0.3) is 10.6 Å². The molecule has 1 aliphatic rings. The van der Waals surface area contributed by atoms with Gasteiger partial charge in [0.15, 0.2) is 0 Å². The van der Waals surface area contributed by atoms with Crippen LogP contribution >= 0.6 is 11.3 Å². The zero-order valence-corrected chi connectivity index (χ0v) is 17.9. The van der Waals surface area contributed by atoms with Gasteiger partial charge in [-0.2, -0.15) is 9.97 Å². The van der Waals surface area contributed by atoms with Crippen LogP contribution in [0, 0.1) is 6.92 Å². The lowest BCUT2D eigenvalue weighted by atomic mass is 10.2. The minimum atomic E-state index is -0.356. The summed E-state index contributed by atoms with van der Waals surface area (Å²) in [5.74, 6) is 1.13. The Balaban J connectivity index is 1.45. The summed E-state index contributed by atoms with van der Waals surface area (Å²) in [6, 6.07) is 5.47. The second kappa shape index (κ2) is 8.80. The highest BCUT2D eigenvalue weighted by atomic mass is 32.1. The van der Waals surface area contributed by atoms with Crippen LogP contribution in [-0.4, -0.2) is 51.1 Å². The maximum absolute atomic E-state index is 5.83. The average Bonchev–Trinajstić information content (AvgIpc) is 3.05. The van der Waals surface area contributed by atoms with E-state index in [1.807, 2.05) is 26.0 Å². The Morgan fingerprint density at radius 2 is 1.93 bits per heavy atom. The molecule has 1 saturated heterocycles. The molecule has 9 nitrogen and oxygen atoms in total. The van der Waals surface area contributed by atoms with Crippen LogP contribution < -0.4 is 20.9 Å². The fourth-order valence-electron chi connectivity index (χ4n) is 3.14. The molecular weight excluding hydrogens is 402 g/mol. The second-order valence-corrected chi connectivity index (χ2v) is 8.35. The minimum absolute atomic E-state index is 0.135. The highest BCUT2D eigenvalue weighted by molar-refractivity contribution is 7.15. The minimum Gasteiger partial charge on any atom is -0.476 e. The average molecular weight is 428 g/mol. The van der Waals surface area contributed by atoms with Crippen LogP contribution in [0.1, 0.15) is 30.0 Å². The molecule has 4 rings (SSSR count). The summed E-state index contributed by atoms with van der Waals surface area (Å²) < 4.78 is 11.6. The van der Waals surface area contributed by atoms with Crippen LogP contribution in [0.2, 0.25) is 0 Å². The van der Waals surface area contributed by atoms with Crippen LogP contribution in [0.3, 0.4) is 0 Å². The van der Waals surface area contributed by atoms with E-state index in [1.165, 1.54) is 12.5 Å². The summed E-state index contributed by atoms with van der Waals surface area (Å²) in [6.45, 7) is 7.78. The molecule has 0 spiro atoms. The maximum atomic E-state index is 5.83. The molecule has 10 heteroatoms. The number of nitrogens with zero attached hydrogens (tertiary/aromatic N) is 5. The van der Waals surface area contributed by atoms with E-state index < -0.39 is 0 Å². The lowest BCUT2D eigenvalue weighted by Gasteiger charge is -2.30. The molecule has 0 unspecified atom stereocenters. The van der Waals surface area contributed by atoms with E-state index in [-0.39, 0.29) is 23.8 Å². The van der Waals surface area contributed by atoms with Crippen molar-refractivity contribution in [1.82, 2.24) is 24.8 Å². The van der Waals surface area contributed by atoms with Gasteiger partial charge < -0.3 is 20.9 Å². The monoisotopic (exact) mass is 427 g/mol. The van der Waals surface area contributed by atoms with Gasteiger partial charge in [-0.05, 0) is 39.4 Å². The molecule has 1 fully saturated rings. The largest absolute Gasteiger partial charge is 0.476 e. The first-order chi connectivity index (χ1) is 14.5. The summed E-state index contributed by atoms with van der Waals surface area (Å²) in [7, 11) is 0. The quantitative estimate of drug-likeness (QED) is 0.558.